The maximum absolute atomic E-state index is 12.0. The van der Waals surface area contributed by atoms with Crippen LogP contribution in [0, 0.1) is 0 Å². The van der Waals surface area contributed by atoms with Crippen LogP contribution in [0.2, 0.25) is 0 Å². The highest BCUT2D eigenvalue weighted by molar-refractivity contribution is 5.82. The smallest absolute Gasteiger partial charge is 0.315 e. The molecular formula is C19H19N3O2. The number of pyridine rings is 1. The Hall–Kier alpha value is -2.92. The molecule has 24 heavy (non-hydrogen) atoms. The van der Waals surface area contributed by atoms with E-state index in [1.54, 1.807) is 6.20 Å². The third kappa shape index (κ3) is 3.70. The van der Waals surface area contributed by atoms with Gasteiger partial charge in [-0.25, -0.2) is 4.79 Å². The van der Waals surface area contributed by atoms with Crippen molar-refractivity contribution in [1.82, 2.24) is 15.6 Å². The molecule has 0 spiro atoms. The number of para-hydroxylation sites is 1. The van der Waals surface area contributed by atoms with E-state index in [9.17, 15) is 9.90 Å². The lowest BCUT2D eigenvalue weighted by atomic mass is 10.1. The SMILES string of the molecule is O=C(NCc1ccccc1CO)NCc1ccnc2ccccc12. The first-order valence-electron chi connectivity index (χ1n) is 7.80. The number of hydrogen-bond acceptors (Lipinski definition) is 3. The number of amides is 2. The zero-order valence-electron chi connectivity index (χ0n) is 13.2. The molecule has 2 aromatic carbocycles. The minimum atomic E-state index is -0.247. The molecule has 0 aliphatic carbocycles. The Morgan fingerprint density at radius 1 is 0.875 bits per heavy atom. The van der Waals surface area contributed by atoms with Gasteiger partial charge >= 0.3 is 6.03 Å². The molecule has 0 saturated heterocycles. The summed E-state index contributed by atoms with van der Waals surface area (Å²) in [6, 6.07) is 17.0. The lowest BCUT2D eigenvalue weighted by Crippen LogP contribution is -2.34. The summed E-state index contributed by atoms with van der Waals surface area (Å²) in [5.41, 5.74) is 3.66. The number of fused-ring (bicyclic) bond motifs is 1. The van der Waals surface area contributed by atoms with Gasteiger partial charge in [-0.1, -0.05) is 42.5 Å². The third-order valence-corrected chi connectivity index (χ3v) is 3.91. The molecule has 0 aliphatic heterocycles. The number of benzene rings is 2. The number of carbonyl (C=O) groups is 1. The van der Waals surface area contributed by atoms with Crippen LogP contribution < -0.4 is 10.6 Å². The van der Waals surface area contributed by atoms with Crippen LogP contribution in [0.1, 0.15) is 16.7 Å². The van der Waals surface area contributed by atoms with Crippen molar-refractivity contribution in [3.63, 3.8) is 0 Å². The van der Waals surface area contributed by atoms with E-state index in [1.807, 2.05) is 54.6 Å². The second-order valence-electron chi connectivity index (χ2n) is 5.45. The Bertz CT molecular complexity index is 843. The molecule has 1 aromatic heterocycles. The summed E-state index contributed by atoms with van der Waals surface area (Å²) in [4.78, 5) is 16.3. The van der Waals surface area contributed by atoms with Crippen molar-refractivity contribution in [3.05, 3.63) is 77.5 Å². The highest BCUT2D eigenvalue weighted by atomic mass is 16.3. The molecule has 3 N–H and O–H groups in total. The third-order valence-electron chi connectivity index (χ3n) is 3.91. The maximum atomic E-state index is 12.0. The van der Waals surface area contributed by atoms with Crippen molar-refractivity contribution in [2.24, 2.45) is 0 Å². The molecule has 122 valence electrons. The summed E-state index contributed by atoms with van der Waals surface area (Å²) in [6.45, 7) is 0.763. The van der Waals surface area contributed by atoms with Crippen molar-refractivity contribution in [3.8, 4) is 0 Å². The standard InChI is InChI=1S/C19H19N3O2/c23-13-16-6-2-1-5-14(16)11-21-19(24)22-12-15-9-10-20-18-8-4-3-7-17(15)18/h1-10,23H,11-13H2,(H2,21,22,24). The van der Waals surface area contributed by atoms with Gasteiger partial charge < -0.3 is 15.7 Å². The number of hydrogen-bond donors (Lipinski definition) is 3. The first-order valence-corrected chi connectivity index (χ1v) is 7.80. The molecule has 0 saturated carbocycles. The fraction of sp³-hybridized carbons (Fsp3) is 0.158. The number of aliphatic hydroxyl groups is 1. The van der Waals surface area contributed by atoms with Gasteiger partial charge in [-0.05, 0) is 28.8 Å². The summed E-state index contributed by atoms with van der Waals surface area (Å²) in [5, 5.41) is 16.0. The van der Waals surface area contributed by atoms with E-state index in [1.165, 1.54) is 0 Å². The second-order valence-corrected chi connectivity index (χ2v) is 5.45. The Balaban J connectivity index is 1.59. The Morgan fingerprint density at radius 2 is 1.54 bits per heavy atom. The minimum absolute atomic E-state index is 0.0392. The zero-order valence-corrected chi connectivity index (χ0v) is 13.2. The van der Waals surface area contributed by atoms with Gasteiger partial charge in [0.05, 0.1) is 12.1 Å². The zero-order chi connectivity index (χ0) is 16.8. The molecule has 0 atom stereocenters. The van der Waals surface area contributed by atoms with Crippen LogP contribution in [0.3, 0.4) is 0 Å². The summed E-state index contributed by atoms with van der Waals surface area (Å²) < 4.78 is 0. The van der Waals surface area contributed by atoms with E-state index in [-0.39, 0.29) is 12.6 Å². The van der Waals surface area contributed by atoms with Crippen LogP contribution in [0.25, 0.3) is 10.9 Å². The fourth-order valence-corrected chi connectivity index (χ4v) is 2.61. The van der Waals surface area contributed by atoms with E-state index in [2.05, 4.69) is 15.6 Å². The normalized spacial score (nSPS) is 10.5. The van der Waals surface area contributed by atoms with Gasteiger partial charge in [0.1, 0.15) is 0 Å². The molecule has 0 fully saturated rings. The molecule has 2 amide bonds. The molecule has 3 aromatic rings. The average molecular weight is 321 g/mol. The number of nitrogens with one attached hydrogen (secondary N) is 2. The van der Waals surface area contributed by atoms with Crippen molar-refractivity contribution in [1.29, 1.82) is 0 Å². The van der Waals surface area contributed by atoms with Gasteiger partial charge in [0, 0.05) is 24.7 Å². The quantitative estimate of drug-likeness (QED) is 0.676. The highest BCUT2D eigenvalue weighted by Gasteiger charge is 2.06. The van der Waals surface area contributed by atoms with Gasteiger partial charge in [-0.3, -0.25) is 4.98 Å². The van der Waals surface area contributed by atoms with E-state index in [0.29, 0.717) is 13.1 Å². The number of nitrogens with zero attached hydrogens (tertiary/aromatic N) is 1. The van der Waals surface area contributed by atoms with Gasteiger partial charge in [0.15, 0.2) is 0 Å². The van der Waals surface area contributed by atoms with Gasteiger partial charge in [0.25, 0.3) is 0 Å². The summed E-state index contributed by atoms with van der Waals surface area (Å²) in [6.07, 6.45) is 1.74. The van der Waals surface area contributed by atoms with Crippen molar-refractivity contribution < 1.29 is 9.90 Å². The van der Waals surface area contributed by atoms with Crippen LogP contribution >= 0.6 is 0 Å². The van der Waals surface area contributed by atoms with Crippen LogP contribution in [-0.2, 0) is 19.7 Å². The van der Waals surface area contributed by atoms with Gasteiger partial charge in [0.2, 0.25) is 0 Å². The topological polar surface area (TPSA) is 74.2 Å². The minimum Gasteiger partial charge on any atom is -0.392 e. The van der Waals surface area contributed by atoms with Crippen molar-refractivity contribution in [2.45, 2.75) is 19.7 Å². The molecule has 0 bridgehead atoms. The Kier molecular flexibility index (Phi) is 5.03. The number of rotatable bonds is 5. The molecule has 0 radical (unpaired) electrons. The Labute approximate surface area is 140 Å². The summed E-state index contributed by atoms with van der Waals surface area (Å²) >= 11 is 0. The lowest BCUT2D eigenvalue weighted by molar-refractivity contribution is 0.240. The predicted molar refractivity (Wildman–Crippen MR) is 93.2 cm³/mol. The van der Waals surface area contributed by atoms with Gasteiger partial charge in [-0.2, -0.15) is 0 Å². The number of urea groups is 1. The molecule has 1 heterocycles. The summed E-state index contributed by atoms with van der Waals surface area (Å²) in [5.74, 6) is 0. The predicted octanol–water partition coefficient (Wildman–Crippen LogP) is 2.73. The summed E-state index contributed by atoms with van der Waals surface area (Å²) in [7, 11) is 0. The van der Waals surface area contributed by atoms with E-state index < -0.39 is 0 Å². The molecule has 0 unspecified atom stereocenters. The van der Waals surface area contributed by atoms with E-state index in [0.717, 1.165) is 27.6 Å². The lowest BCUT2D eigenvalue weighted by Gasteiger charge is -2.11. The second kappa shape index (κ2) is 7.57. The maximum Gasteiger partial charge on any atom is 0.315 e. The molecule has 0 aliphatic rings. The fourth-order valence-electron chi connectivity index (χ4n) is 2.61. The van der Waals surface area contributed by atoms with Crippen LogP contribution in [-0.4, -0.2) is 16.1 Å². The van der Waals surface area contributed by atoms with Crippen LogP contribution in [0.5, 0.6) is 0 Å². The van der Waals surface area contributed by atoms with Crippen molar-refractivity contribution >= 4 is 16.9 Å². The first-order chi connectivity index (χ1) is 11.8. The van der Waals surface area contributed by atoms with Crippen LogP contribution in [0.4, 0.5) is 4.79 Å². The molecular weight excluding hydrogens is 302 g/mol. The van der Waals surface area contributed by atoms with E-state index >= 15 is 0 Å². The largest absolute Gasteiger partial charge is 0.392 e. The number of aliphatic hydroxyl groups excluding tert-OH is 1. The molecule has 5 nitrogen and oxygen atoms in total. The molecule has 3 rings (SSSR count). The van der Waals surface area contributed by atoms with Crippen molar-refractivity contribution in [2.75, 3.05) is 0 Å². The Morgan fingerprint density at radius 3 is 2.33 bits per heavy atom. The van der Waals surface area contributed by atoms with Gasteiger partial charge in [-0.15, -0.1) is 0 Å². The highest BCUT2D eigenvalue weighted by Crippen LogP contribution is 2.15. The average Bonchev–Trinajstić information content (AvgIpc) is 2.64. The van der Waals surface area contributed by atoms with Crippen LogP contribution in [0.15, 0.2) is 60.8 Å². The first kappa shape index (κ1) is 16.0. The molecule has 5 heteroatoms. The van der Waals surface area contributed by atoms with E-state index in [4.69, 9.17) is 0 Å². The monoisotopic (exact) mass is 321 g/mol. The number of aromatic nitrogens is 1. The number of carbonyl (C=O) groups excluding carboxylic acids is 1.